The van der Waals surface area contributed by atoms with Crippen LogP contribution in [0.1, 0.15) is 15.9 Å². The third kappa shape index (κ3) is 4.62. The molecule has 0 aliphatic carbocycles. The lowest BCUT2D eigenvalue weighted by molar-refractivity contribution is -0.137. The minimum Gasteiger partial charge on any atom is -0.342 e. The van der Waals surface area contributed by atoms with Crippen molar-refractivity contribution in [2.75, 3.05) is 17.3 Å². The minimum atomic E-state index is -4.89. The molecule has 0 aromatic heterocycles. The molecule has 1 N–H and O–H groups in total. The van der Waals surface area contributed by atoms with Crippen molar-refractivity contribution in [2.45, 2.75) is 6.18 Å². The molecule has 10 heteroatoms. The van der Waals surface area contributed by atoms with Gasteiger partial charge < -0.3 is 10.2 Å². The molecule has 0 bridgehead atoms. The third-order valence-electron chi connectivity index (χ3n) is 4.38. The molecule has 162 valence electrons. The summed E-state index contributed by atoms with van der Waals surface area (Å²) >= 11 is 0. The minimum absolute atomic E-state index is 0.183. The molecule has 0 fully saturated rings. The Morgan fingerprint density at radius 3 is 2.03 bits per heavy atom. The van der Waals surface area contributed by atoms with Crippen molar-refractivity contribution >= 4 is 23.0 Å². The van der Waals surface area contributed by atoms with Gasteiger partial charge in [-0.2, -0.15) is 13.2 Å². The van der Waals surface area contributed by atoms with Gasteiger partial charge in [0.2, 0.25) is 0 Å². The number of halogens is 7. The molecule has 0 radical (unpaired) electrons. The van der Waals surface area contributed by atoms with Crippen molar-refractivity contribution in [3.8, 4) is 0 Å². The maximum Gasteiger partial charge on any atom is 0.418 e. The Kier molecular flexibility index (Phi) is 5.92. The van der Waals surface area contributed by atoms with Crippen molar-refractivity contribution in [2.24, 2.45) is 0 Å². The van der Waals surface area contributed by atoms with Gasteiger partial charge >= 0.3 is 6.18 Å². The summed E-state index contributed by atoms with van der Waals surface area (Å²) in [5, 5.41) is 2.12. The van der Waals surface area contributed by atoms with Crippen LogP contribution in [0, 0.1) is 23.3 Å². The maximum absolute atomic E-state index is 14.6. The number of carbonyl (C=O) groups excluding carboxylic acids is 1. The molecule has 3 aromatic carbocycles. The molecule has 0 unspecified atom stereocenters. The van der Waals surface area contributed by atoms with Crippen LogP contribution in [0.5, 0.6) is 0 Å². The molecule has 0 saturated heterocycles. The van der Waals surface area contributed by atoms with Crippen LogP contribution >= 0.6 is 0 Å². The number of anilines is 3. The summed E-state index contributed by atoms with van der Waals surface area (Å²) in [7, 11) is 1.15. The first-order chi connectivity index (χ1) is 14.5. The van der Waals surface area contributed by atoms with Crippen molar-refractivity contribution in [3.05, 3.63) is 89.0 Å². The molecule has 31 heavy (non-hydrogen) atoms. The first-order valence-electron chi connectivity index (χ1n) is 8.64. The quantitative estimate of drug-likeness (QED) is 0.483. The summed E-state index contributed by atoms with van der Waals surface area (Å²) in [6, 6.07) is 7.74. The fourth-order valence-corrected chi connectivity index (χ4v) is 2.92. The van der Waals surface area contributed by atoms with E-state index in [1.165, 1.54) is 0 Å². The third-order valence-corrected chi connectivity index (χ3v) is 4.38. The van der Waals surface area contributed by atoms with Gasteiger partial charge in [-0.15, -0.1) is 0 Å². The largest absolute Gasteiger partial charge is 0.418 e. The monoisotopic (exact) mass is 442 g/mol. The SMILES string of the molecule is CN(c1ccc(NC(=O)c2c(F)cccc2F)cc1F)c1ccc(F)cc1C(F)(F)F. The molecule has 3 nitrogen and oxygen atoms in total. The van der Waals surface area contributed by atoms with E-state index in [0.29, 0.717) is 6.07 Å². The number of nitrogens with zero attached hydrogens (tertiary/aromatic N) is 1. The maximum atomic E-state index is 14.6. The van der Waals surface area contributed by atoms with E-state index in [0.717, 1.165) is 60.5 Å². The Morgan fingerprint density at radius 1 is 0.839 bits per heavy atom. The molecule has 3 rings (SSSR count). The standard InChI is InChI=1S/C21H13F7N2O/c1-30(17-7-5-11(22)9-13(17)21(26,27)28)18-8-6-12(10-16(18)25)29-20(31)19-14(23)3-2-4-15(19)24/h2-10H,1H3,(H,29,31). The van der Waals surface area contributed by atoms with E-state index in [1.807, 2.05) is 0 Å². The van der Waals surface area contributed by atoms with Crippen LogP contribution in [-0.2, 0) is 6.18 Å². The van der Waals surface area contributed by atoms with E-state index >= 15 is 0 Å². The van der Waals surface area contributed by atoms with Gasteiger partial charge in [-0.25, -0.2) is 17.6 Å². The Morgan fingerprint density at radius 2 is 1.45 bits per heavy atom. The predicted octanol–water partition coefficient (Wildman–Crippen LogP) is 6.28. The van der Waals surface area contributed by atoms with E-state index in [-0.39, 0.29) is 11.4 Å². The van der Waals surface area contributed by atoms with Gasteiger partial charge in [0.05, 0.1) is 16.9 Å². The van der Waals surface area contributed by atoms with E-state index in [2.05, 4.69) is 5.32 Å². The van der Waals surface area contributed by atoms with Gasteiger partial charge in [0.25, 0.3) is 5.91 Å². The van der Waals surface area contributed by atoms with Gasteiger partial charge in [-0.3, -0.25) is 4.79 Å². The van der Waals surface area contributed by atoms with Crippen LogP contribution in [0.15, 0.2) is 54.6 Å². The summed E-state index contributed by atoms with van der Waals surface area (Å²) in [5.41, 5.74) is -3.17. The fraction of sp³-hybridized carbons (Fsp3) is 0.0952. The number of benzene rings is 3. The average Bonchev–Trinajstić information content (AvgIpc) is 2.66. The summed E-state index contributed by atoms with van der Waals surface area (Å²) in [6.07, 6.45) is -4.89. The molecular weight excluding hydrogens is 429 g/mol. The lowest BCUT2D eigenvalue weighted by Crippen LogP contribution is -2.19. The molecule has 0 saturated carbocycles. The highest BCUT2D eigenvalue weighted by molar-refractivity contribution is 6.04. The van der Waals surface area contributed by atoms with Crippen LogP contribution < -0.4 is 10.2 Å². The van der Waals surface area contributed by atoms with Gasteiger partial charge in [-0.05, 0) is 48.5 Å². The average molecular weight is 442 g/mol. The van der Waals surface area contributed by atoms with Crippen molar-refractivity contribution in [3.63, 3.8) is 0 Å². The molecule has 0 aliphatic rings. The van der Waals surface area contributed by atoms with Crippen molar-refractivity contribution in [1.82, 2.24) is 0 Å². The van der Waals surface area contributed by atoms with Gasteiger partial charge in [0, 0.05) is 12.7 Å². The number of hydrogen-bond donors (Lipinski definition) is 1. The number of amides is 1. The Bertz CT molecular complexity index is 1120. The fourth-order valence-electron chi connectivity index (χ4n) is 2.92. The van der Waals surface area contributed by atoms with E-state index in [4.69, 9.17) is 0 Å². The first-order valence-corrected chi connectivity index (χ1v) is 8.64. The lowest BCUT2D eigenvalue weighted by atomic mass is 10.1. The van der Waals surface area contributed by atoms with Crippen LogP contribution in [0.2, 0.25) is 0 Å². The molecule has 1 amide bonds. The second-order valence-corrected chi connectivity index (χ2v) is 6.44. The van der Waals surface area contributed by atoms with Gasteiger partial charge in [-0.1, -0.05) is 6.07 Å². The zero-order valence-electron chi connectivity index (χ0n) is 15.7. The van der Waals surface area contributed by atoms with E-state index in [1.54, 1.807) is 0 Å². The normalized spacial score (nSPS) is 11.4. The number of carbonyl (C=O) groups is 1. The zero-order chi connectivity index (χ0) is 22.9. The predicted molar refractivity (Wildman–Crippen MR) is 100 cm³/mol. The van der Waals surface area contributed by atoms with Gasteiger partial charge in [0.1, 0.15) is 28.8 Å². The highest BCUT2D eigenvalue weighted by Crippen LogP contribution is 2.39. The molecular formula is C21H13F7N2O. The van der Waals surface area contributed by atoms with Crippen molar-refractivity contribution < 1.29 is 35.5 Å². The molecule has 3 aromatic rings. The summed E-state index contributed by atoms with van der Waals surface area (Å²) in [5.74, 6) is -5.56. The second-order valence-electron chi connectivity index (χ2n) is 6.44. The van der Waals surface area contributed by atoms with Gasteiger partial charge in [0.15, 0.2) is 0 Å². The summed E-state index contributed by atoms with van der Waals surface area (Å²) in [6.45, 7) is 0. The number of alkyl halides is 3. The lowest BCUT2D eigenvalue weighted by Gasteiger charge is -2.24. The second kappa shape index (κ2) is 8.29. The van der Waals surface area contributed by atoms with Crippen LogP contribution in [-0.4, -0.2) is 13.0 Å². The van der Waals surface area contributed by atoms with Crippen LogP contribution in [0.25, 0.3) is 0 Å². The summed E-state index contributed by atoms with van der Waals surface area (Å²) in [4.78, 5) is 13.0. The van der Waals surface area contributed by atoms with E-state index in [9.17, 15) is 35.5 Å². The molecule has 0 aliphatic heterocycles. The smallest absolute Gasteiger partial charge is 0.342 e. The number of nitrogens with one attached hydrogen (secondary N) is 1. The zero-order valence-corrected chi connectivity index (χ0v) is 15.7. The Hall–Kier alpha value is -3.56. The highest BCUT2D eigenvalue weighted by Gasteiger charge is 2.35. The molecule has 0 atom stereocenters. The number of hydrogen-bond acceptors (Lipinski definition) is 2. The van der Waals surface area contributed by atoms with Crippen LogP contribution in [0.3, 0.4) is 0 Å². The van der Waals surface area contributed by atoms with E-state index < -0.39 is 52.2 Å². The van der Waals surface area contributed by atoms with Crippen LogP contribution in [0.4, 0.5) is 47.8 Å². The molecule has 0 spiro atoms. The Balaban J connectivity index is 1.91. The Labute approximate surface area is 171 Å². The highest BCUT2D eigenvalue weighted by atomic mass is 19.4. The first kappa shape index (κ1) is 22.1. The van der Waals surface area contributed by atoms with Crippen molar-refractivity contribution in [1.29, 1.82) is 0 Å². The molecule has 0 heterocycles. The topological polar surface area (TPSA) is 32.3 Å². The number of rotatable bonds is 4. The summed E-state index contributed by atoms with van der Waals surface area (Å²) < 4.78 is 95.1.